The zero-order chi connectivity index (χ0) is 12.3. The lowest BCUT2D eigenvalue weighted by Gasteiger charge is -2.28. The number of rotatable bonds is 3. The molecule has 1 fully saturated rings. The molecule has 2 atom stereocenters. The first kappa shape index (κ1) is 11.7. The molecule has 2 N–H and O–H groups in total. The predicted molar refractivity (Wildman–Crippen MR) is 60.6 cm³/mol. The van der Waals surface area contributed by atoms with Gasteiger partial charge in [0, 0.05) is 0 Å². The van der Waals surface area contributed by atoms with E-state index in [0.29, 0.717) is 5.95 Å². The van der Waals surface area contributed by atoms with Gasteiger partial charge in [-0.25, -0.2) is 9.97 Å². The van der Waals surface area contributed by atoms with Crippen molar-refractivity contribution >= 4 is 11.6 Å². The third kappa shape index (κ3) is 2.88. The van der Waals surface area contributed by atoms with Crippen LogP contribution in [0.5, 0.6) is 0 Å². The summed E-state index contributed by atoms with van der Waals surface area (Å²) < 4.78 is 0. The van der Waals surface area contributed by atoms with E-state index in [1.807, 2.05) is 0 Å². The van der Waals surface area contributed by atoms with Gasteiger partial charge in [-0.2, -0.15) is 0 Å². The minimum Gasteiger partial charge on any atom is -0.391 e. The van der Waals surface area contributed by atoms with E-state index in [1.165, 1.54) is 0 Å². The summed E-state index contributed by atoms with van der Waals surface area (Å²) in [4.78, 5) is 17.6. The molecule has 1 aliphatic carbocycles. The van der Waals surface area contributed by atoms with Crippen molar-refractivity contribution in [2.24, 2.45) is 0 Å². The van der Waals surface area contributed by atoms with Gasteiger partial charge in [0.25, 0.3) is 0 Å². The van der Waals surface area contributed by atoms with Crippen LogP contribution >= 0.6 is 0 Å². The van der Waals surface area contributed by atoms with Crippen molar-refractivity contribution in [3.63, 3.8) is 0 Å². The lowest BCUT2D eigenvalue weighted by atomic mass is 9.93. The highest BCUT2D eigenvalue weighted by atomic mass is 16.6. The molecule has 92 valence electrons. The maximum Gasteiger partial charge on any atom is 0.305 e. The summed E-state index contributed by atoms with van der Waals surface area (Å²) >= 11 is 0. The maximum atomic E-state index is 10.4. The lowest BCUT2D eigenvalue weighted by Crippen LogP contribution is -2.36. The van der Waals surface area contributed by atoms with Gasteiger partial charge in [-0.1, -0.05) is 12.8 Å². The fourth-order valence-electron chi connectivity index (χ4n) is 1.94. The molecule has 0 amide bonds. The third-order valence-electron chi connectivity index (χ3n) is 2.89. The minimum absolute atomic E-state index is 0.0646. The second kappa shape index (κ2) is 5.05. The molecular formula is C10H14N4O3. The first-order chi connectivity index (χ1) is 8.16. The first-order valence-corrected chi connectivity index (χ1v) is 5.58. The van der Waals surface area contributed by atoms with Gasteiger partial charge >= 0.3 is 5.69 Å². The smallest absolute Gasteiger partial charge is 0.305 e. The highest BCUT2D eigenvalue weighted by Gasteiger charge is 2.23. The van der Waals surface area contributed by atoms with Gasteiger partial charge in [0.05, 0.1) is 17.1 Å². The van der Waals surface area contributed by atoms with Crippen LogP contribution in [-0.4, -0.2) is 32.1 Å². The van der Waals surface area contributed by atoms with Gasteiger partial charge < -0.3 is 10.4 Å². The Bertz CT molecular complexity index is 395. The van der Waals surface area contributed by atoms with E-state index in [4.69, 9.17) is 0 Å². The van der Waals surface area contributed by atoms with Crippen LogP contribution in [-0.2, 0) is 0 Å². The van der Waals surface area contributed by atoms with E-state index in [9.17, 15) is 15.2 Å². The highest BCUT2D eigenvalue weighted by molar-refractivity contribution is 5.32. The Labute approximate surface area is 98.1 Å². The van der Waals surface area contributed by atoms with Crippen molar-refractivity contribution in [3.05, 3.63) is 22.5 Å². The quantitative estimate of drug-likeness (QED) is 0.604. The maximum absolute atomic E-state index is 10.4. The van der Waals surface area contributed by atoms with E-state index in [-0.39, 0.29) is 11.7 Å². The van der Waals surface area contributed by atoms with E-state index < -0.39 is 11.0 Å². The van der Waals surface area contributed by atoms with Gasteiger partial charge in [0.2, 0.25) is 5.95 Å². The monoisotopic (exact) mass is 238 g/mol. The summed E-state index contributed by atoms with van der Waals surface area (Å²) in [6.45, 7) is 0. The Morgan fingerprint density at radius 1 is 1.35 bits per heavy atom. The van der Waals surface area contributed by atoms with Crippen LogP contribution in [0.25, 0.3) is 0 Å². The summed E-state index contributed by atoms with van der Waals surface area (Å²) in [5.41, 5.74) is -0.139. The average molecular weight is 238 g/mol. The molecule has 1 saturated carbocycles. The second-order valence-electron chi connectivity index (χ2n) is 4.12. The molecule has 1 heterocycles. The van der Waals surface area contributed by atoms with Crippen molar-refractivity contribution in [1.82, 2.24) is 9.97 Å². The average Bonchev–Trinajstić information content (AvgIpc) is 2.33. The summed E-state index contributed by atoms with van der Waals surface area (Å²) in [5, 5.41) is 23.2. The normalized spacial score (nSPS) is 24.3. The summed E-state index contributed by atoms with van der Waals surface area (Å²) in [5.74, 6) is 0.321. The van der Waals surface area contributed by atoms with Gasteiger partial charge in [-0.3, -0.25) is 10.1 Å². The van der Waals surface area contributed by atoms with E-state index in [2.05, 4.69) is 15.3 Å². The largest absolute Gasteiger partial charge is 0.391 e. The molecule has 7 heteroatoms. The molecule has 0 saturated heterocycles. The van der Waals surface area contributed by atoms with Gasteiger partial charge in [0.15, 0.2) is 0 Å². The molecule has 17 heavy (non-hydrogen) atoms. The Morgan fingerprint density at radius 2 is 2.00 bits per heavy atom. The second-order valence-corrected chi connectivity index (χ2v) is 4.12. The van der Waals surface area contributed by atoms with Crippen LogP contribution in [0.2, 0.25) is 0 Å². The number of aliphatic hydroxyl groups is 1. The van der Waals surface area contributed by atoms with Crippen molar-refractivity contribution in [3.8, 4) is 0 Å². The molecule has 7 nitrogen and oxygen atoms in total. The van der Waals surface area contributed by atoms with Crippen LogP contribution in [0.1, 0.15) is 25.7 Å². The number of aliphatic hydroxyl groups excluding tert-OH is 1. The Kier molecular flexibility index (Phi) is 3.48. The molecule has 0 unspecified atom stereocenters. The molecule has 0 radical (unpaired) electrons. The first-order valence-electron chi connectivity index (χ1n) is 5.58. The van der Waals surface area contributed by atoms with E-state index in [1.54, 1.807) is 0 Å². The van der Waals surface area contributed by atoms with Crippen LogP contribution in [0.3, 0.4) is 0 Å². The summed E-state index contributed by atoms with van der Waals surface area (Å²) in [7, 11) is 0. The molecular weight excluding hydrogens is 224 g/mol. The molecule has 2 rings (SSSR count). The summed E-state index contributed by atoms with van der Waals surface area (Å²) in [6.07, 6.45) is 5.63. The SMILES string of the molecule is O=[N+]([O-])c1cnc(N[C@H]2CCCC[C@@H]2O)nc1. The van der Waals surface area contributed by atoms with Crippen molar-refractivity contribution in [2.75, 3.05) is 5.32 Å². The number of nitrogens with one attached hydrogen (secondary N) is 1. The Balaban J connectivity index is 2.00. The third-order valence-corrected chi connectivity index (χ3v) is 2.89. The Hall–Kier alpha value is -1.76. The summed E-state index contributed by atoms with van der Waals surface area (Å²) in [6, 6.07) is -0.0646. The molecule has 0 bridgehead atoms. The topological polar surface area (TPSA) is 101 Å². The number of hydrogen-bond donors (Lipinski definition) is 2. The van der Waals surface area contributed by atoms with Crippen molar-refractivity contribution in [1.29, 1.82) is 0 Å². The molecule has 0 aliphatic heterocycles. The molecule has 1 aliphatic rings. The van der Waals surface area contributed by atoms with E-state index in [0.717, 1.165) is 38.1 Å². The van der Waals surface area contributed by atoms with Crippen LogP contribution in [0.4, 0.5) is 11.6 Å². The fourth-order valence-corrected chi connectivity index (χ4v) is 1.94. The van der Waals surface area contributed by atoms with Gasteiger partial charge in [-0.15, -0.1) is 0 Å². The van der Waals surface area contributed by atoms with Crippen LogP contribution < -0.4 is 5.32 Å². The molecule has 0 spiro atoms. The number of nitrogens with zero attached hydrogens (tertiary/aromatic N) is 3. The van der Waals surface area contributed by atoms with Crippen molar-refractivity contribution < 1.29 is 10.0 Å². The fraction of sp³-hybridized carbons (Fsp3) is 0.600. The number of anilines is 1. The van der Waals surface area contributed by atoms with E-state index >= 15 is 0 Å². The van der Waals surface area contributed by atoms with Gasteiger partial charge in [0.1, 0.15) is 12.4 Å². The zero-order valence-electron chi connectivity index (χ0n) is 9.24. The van der Waals surface area contributed by atoms with Crippen LogP contribution in [0.15, 0.2) is 12.4 Å². The Morgan fingerprint density at radius 3 is 2.59 bits per heavy atom. The highest BCUT2D eigenvalue weighted by Crippen LogP contribution is 2.21. The predicted octanol–water partition coefficient (Wildman–Crippen LogP) is 1.10. The zero-order valence-corrected chi connectivity index (χ0v) is 9.24. The number of aromatic nitrogens is 2. The van der Waals surface area contributed by atoms with Gasteiger partial charge in [-0.05, 0) is 12.8 Å². The van der Waals surface area contributed by atoms with Crippen LogP contribution in [0, 0.1) is 10.1 Å². The van der Waals surface area contributed by atoms with Crippen molar-refractivity contribution in [2.45, 2.75) is 37.8 Å². The molecule has 0 aromatic carbocycles. The molecule has 1 aromatic rings. The molecule has 1 aromatic heterocycles. The number of hydrogen-bond acceptors (Lipinski definition) is 6. The minimum atomic E-state index is -0.542. The standard InChI is InChI=1S/C10H14N4O3/c15-9-4-2-1-3-8(9)13-10-11-5-7(6-12-10)14(16)17/h5-6,8-9,15H,1-4H2,(H,11,12,13)/t8-,9-/m0/s1. The lowest BCUT2D eigenvalue weighted by molar-refractivity contribution is -0.385. The number of nitro groups is 1.